The van der Waals surface area contributed by atoms with E-state index in [-0.39, 0.29) is 23.0 Å². The maximum atomic E-state index is 15.4. The number of hydrogen-bond acceptors (Lipinski definition) is 7. The van der Waals surface area contributed by atoms with Crippen LogP contribution in [-0.2, 0) is 7.05 Å². The standard InChI is InChI=1S/C26H22F2N6O4/c1-29-17-6-16(27)20(28)18-19-22(34-4-3-12(35)9-34)14(8-30-24(19)32-21(17)18)11-5-13-23(36)15(26(37)38)10-33(2)25(13)31-7-11/h5-8,10,12,29,35H,3-4,9H2,1-2H3,(H,30,32)(H,37,38)/t12-/m1/s1. The first-order chi connectivity index (χ1) is 18.2. The molecule has 12 heteroatoms. The number of hydrogen-bond donors (Lipinski definition) is 4. The van der Waals surface area contributed by atoms with Crippen LogP contribution in [0.5, 0.6) is 0 Å². The van der Waals surface area contributed by atoms with Gasteiger partial charge in [-0.05, 0) is 12.5 Å². The summed E-state index contributed by atoms with van der Waals surface area (Å²) >= 11 is 0. The summed E-state index contributed by atoms with van der Waals surface area (Å²) in [4.78, 5) is 38.5. The van der Waals surface area contributed by atoms with Crippen molar-refractivity contribution in [3.8, 4) is 11.1 Å². The zero-order valence-corrected chi connectivity index (χ0v) is 20.3. The van der Waals surface area contributed by atoms with Gasteiger partial charge in [0.1, 0.15) is 16.9 Å². The SMILES string of the molecule is CNc1cc(F)c(F)c2c1[nH]c1ncc(-c3cnc4c(c3)c(=O)c(C(=O)O)cn4C)c(N3CC[C@@H](O)C3)c12. The molecule has 0 bridgehead atoms. The molecule has 4 N–H and O–H groups in total. The summed E-state index contributed by atoms with van der Waals surface area (Å²) < 4.78 is 31.5. The number of halogens is 2. The second kappa shape index (κ2) is 8.48. The van der Waals surface area contributed by atoms with E-state index in [2.05, 4.69) is 20.3 Å². The summed E-state index contributed by atoms with van der Waals surface area (Å²) in [6.45, 7) is 0.697. The topological polar surface area (TPSA) is 136 Å². The van der Waals surface area contributed by atoms with Gasteiger partial charge < -0.3 is 30.0 Å². The lowest BCUT2D eigenvalue weighted by molar-refractivity contribution is 0.0695. The van der Waals surface area contributed by atoms with Gasteiger partial charge in [0.15, 0.2) is 11.6 Å². The molecule has 5 heterocycles. The molecule has 6 rings (SSSR count). The molecule has 10 nitrogen and oxygen atoms in total. The maximum Gasteiger partial charge on any atom is 0.341 e. The summed E-state index contributed by atoms with van der Waals surface area (Å²) in [5.74, 6) is -3.43. The van der Waals surface area contributed by atoms with E-state index in [0.29, 0.717) is 52.0 Å². The van der Waals surface area contributed by atoms with E-state index in [1.165, 1.54) is 23.0 Å². The van der Waals surface area contributed by atoms with Crippen LogP contribution in [0, 0.1) is 11.6 Å². The number of fused-ring (bicyclic) bond motifs is 4. The highest BCUT2D eigenvalue weighted by molar-refractivity contribution is 6.18. The van der Waals surface area contributed by atoms with Crippen LogP contribution >= 0.6 is 0 Å². The first-order valence-electron chi connectivity index (χ1n) is 11.9. The van der Waals surface area contributed by atoms with Crippen molar-refractivity contribution in [2.45, 2.75) is 12.5 Å². The molecule has 4 aromatic heterocycles. The number of aliphatic hydroxyl groups is 1. The molecule has 0 amide bonds. The fourth-order valence-electron chi connectivity index (χ4n) is 5.29. The van der Waals surface area contributed by atoms with Gasteiger partial charge >= 0.3 is 5.97 Å². The first kappa shape index (κ1) is 23.8. The van der Waals surface area contributed by atoms with Crippen molar-refractivity contribution in [1.82, 2.24) is 19.5 Å². The quantitative estimate of drug-likeness (QED) is 0.284. The summed E-state index contributed by atoms with van der Waals surface area (Å²) in [6, 6.07) is 2.59. The van der Waals surface area contributed by atoms with Crippen molar-refractivity contribution >= 4 is 50.3 Å². The lowest BCUT2D eigenvalue weighted by Gasteiger charge is -2.23. The number of nitrogens with one attached hydrogen (secondary N) is 2. The average molecular weight is 520 g/mol. The Morgan fingerprint density at radius 3 is 2.68 bits per heavy atom. The van der Waals surface area contributed by atoms with Crippen molar-refractivity contribution in [2.75, 3.05) is 30.4 Å². The average Bonchev–Trinajstić information content (AvgIpc) is 3.51. The summed E-state index contributed by atoms with van der Waals surface area (Å²) in [7, 11) is 3.19. The third-order valence-electron chi connectivity index (χ3n) is 7.07. The van der Waals surface area contributed by atoms with Crippen molar-refractivity contribution in [3.05, 3.63) is 58.1 Å². The van der Waals surface area contributed by atoms with Crippen LogP contribution in [0.1, 0.15) is 16.8 Å². The number of β-amino-alcohol motifs (C(OH)–C–C–N with tert-alkyl or cyclic N) is 1. The maximum absolute atomic E-state index is 15.4. The third-order valence-corrected chi connectivity index (χ3v) is 7.07. The second-order valence-corrected chi connectivity index (χ2v) is 9.36. The van der Waals surface area contributed by atoms with Gasteiger partial charge in [-0.25, -0.2) is 23.5 Å². The number of aromatic nitrogens is 4. The van der Waals surface area contributed by atoms with Gasteiger partial charge in [-0.2, -0.15) is 0 Å². The van der Waals surface area contributed by atoms with Crippen LogP contribution in [-0.4, -0.2) is 61.9 Å². The smallest absolute Gasteiger partial charge is 0.341 e. The molecule has 1 atom stereocenters. The summed E-state index contributed by atoms with van der Waals surface area (Å²) in [5, 5.41) is 23.1. The second-order valence-electron chi connectivity index (χ2n) is 9.36. The van der Waals surface area contributed by atoms with E-state index in [4.69, 9.17) is 0 Å². The number of anilines is 2. The van der Waals surface area contributed by atoms with Crippen LogP contribution in [0.4, 0.5) is 20.2 Å². The van der Waals surface area contributed by atoms with Gasteiger partial charge in [-0.3, -0.25) is 4.79 Å². The van der Waals surface area contributed by atoms with Crippen molar-refractivity contribution in [1.29, 1.82) is 0 Å². The van der Waals surface area contributed by atoms with E-state index in [1.807, 2.05) is 4.90 Å². The van der Waals surface area contributed by atoms with E-state index in [1.54, 1.807) is 20.3 Å². The molecule has 1 aromatic carbocycles. The minimum Gasteiger partial charge on any atom is -0.477 e. The molecule has 0 aliphatic carbocycles. The monoisotopic (exact) mass is 520 g/mol. The molecule has 1 aliphatic heterocycles. The molecular weight excluding hydrogens is 498 g/mol. The molecule has 0 saturated carbocycles. The summed E-state index contributed by atoms with van der Waals surface area (Å²) in [6.07, 6.45) is 4.13. The van der Waals surface area contributed by atoms with E-state index < -0.39 is 34.7 Å². The zero-order valence-electron chi connectivity index (χ0n) is 20.3. The van der Waals surface area contributed by atoms with Crippen LogP contribution in [0.15, 0.2) is 35.5 Å². The Labute approximate surface area is 213 Å². The molecular formula is C26H22F2N6O4. The molecule has 38 heavy (non-hydrogen) atoms. The van der Waals surface area contributed by atoms with E-state index in [0.717, 1.165) is 6.07 Å². The number of pyridine rings is 3. The van der Waals surface area contributed by atoms with Gasteiger partial charge in [-0.1, -0.05) is 0 Å². The minimum atomic E-state index is -1.36. The molecule has 0 radical (unpaired) electrons. The number of rotatable bonds is 4. The Balaban J connectivity index is 1.72. The lowest BCUT2D eigenvalue weighted by Crippen LogP contribution is -2.22. The van der Waals surface area contributed by atoms with Gasteiger partial charge in [0.05, 0.1) is 39.2 Å². The molecule has 1 fully saturated rings. The number of carbonyl (C=O) groups is 1. The highest BCUT2D eigenvalue weighted by Gasteiger charge is 2.29. The fourth-order valence-corrected chi connectivity index (χ4v) is 5.29. The number of aromatic carboxylic acids is 1. The Hall–Kier alpha value is -4.58. The van der Waals surface area contributed by atoms with E-state index >= 15 is 4.39 Å². The van der Waals surface area contributed by atoms with Gasteiger partial charge in [0.2, 0.25) is 5.43 Å². The van der Waals surface area contributed by atoms with Gasteiger partial charge in [-0.15, -0.1) is 0 Å². The van der Waals surface area contributed by atoms with Gasteiger partial charge in [0, 0.05) is 63.0 Å². The first-order valence-corrected chi connectivity index (χ1v) is 11.9. The van der Waals surface area contributed by atoms with Crippen LogP contribution in [0.25, 0.3) is 44.1 Å². The highest BCUT2D eigenvalue weighted by Crippen LogP contribution is 2.44. The Morgan fingerprint density at radius 2 is 2.00 bits per heavy atom. The Morgan fingerprint density at radius 1 is 1.21 bits per heavy atom. The lowest BCUT2D eigenvalue weighted by atomic mass is 10.0. The van der Waals surface area contributed by atoms with Crippen molar-refractivity contribution < 1.29 is 23.8 Å². The van der Waals surface area contributed by atoms with Crippen LogP contribution in [0.3, 0.4) is 0 Å². The van der Waals surface area contributed by atoms with Crippen molar-refractivity contribution in [2.24, 2.45) is 7.05 Å². The normalized spacial score (nSPS) is 15.7. The molecule has 1 aliphatic rings. The number of H-pyrrole nitrogens is 1. The number of carboxylic acid groups (broad SMARTS) is 1. The minimum absolute atomic E-state index is 0.00733. The molecule has 194 valence electrons. The number of nitrogens with zero attached hydrogens (tertiary/aromatic N) is 4. The number of benzene rings is 1. The van der Waals surface area contributed by atoms with E-state index in [9.17, 15) is 24.2 Å². The molecule has 0 spiro atoms. The molecule has 1 saturated heterocycles. The number of carboxylic acids is 1. The molecule has 0 unspecified atom stereocenters. The predicted octanol–water partition coefficient (Wildman–Crippen LogP) is 3.22. The largest absolute Gasteiger partial charge is 0.477 e. The number of aromatic amines is 1. The Kier molecular flexibility index (Phi) is 5.31. The number of aryl methyl sites for hydroxylation is 1. The zero-order chi connectivity index (χ0) is 26.9. The van der Waals surface area contributed by atoms with Gasteiger partial charge in [0.25, 0.3) is 0 Å². The summed E-state index contributed by atoms with van der Waals surface area (Å²) in [5.41, 5.74) is 1.61. The Bertz CT molecular complexity index is 1870. The third kappa shape index (κ3) is 3.40. The highest BCUT2D eigenvalue weighted by atomic mass is 19.2. The fraction of sp³-hybridized carbons (Fsp3) is 0.231. The van der Waals surface area contributed by atoms with Crippen LogP contribution in [0.2, 0.25) is 0 Å². The van der Waals surface area contributed by atoms with Crippen molar-refractivity contribution in [3.63, 3.8) is 0 Å². The number of aliphatic hydroxyl groups excluding tert-OH is 1. The predicted molar refractivity (Wildman–Crippen MR) is 139 cm³/mol. The molecule has 5 aromatic rings. The van der Waals surface area contributed by atoms with Crippen LogP contribution < -0.4 is 15.6 Å².